The van der Waals surface area contributed by atoms with Crippen molar-refractivity contribution >= 4 is 68.5 Å². The number of hydrogen-bond acceptors (Lipinski definition) is 2. The van der Waals surface area contributed by atoms with E-state index in [1.54, 1.807) is 0 Å². The summed E-state index contributed by atoms with van der Waals surface area (Å²) in [4.78, 5) is 12.6. The van der Waals surface area contributed by atoms with Gasteiger partial charge in [0.05, 0.1) is 22.4 Å². The summed E-state index contributed by atoms with van der Waals surface area (Å²) < 4.78 is 2.14. The molecule has 0 unspecified atom stereocenters. The molecule has 1 N–H and O–H groups in total. The smallest absolute Gasteiger partial charge is 0.237 e. The molecule has 5 heteroatoms. The van der Waals surface area contributed by atoms with E-state index >= 15 is 0 Å². The van der Waals surface area contributed by atoms with Crippen molar-refractivity contribution < 1.29 is 0 Å². The maximum absolute atomic E-state index is 9.13. The first-order valence-corrected chi connectivity index (χ1v) is 15.7. The van der Waals surface area contributed by atoms with Gasteiger partial charge < -0.3 is 4.90 Å². The summed E-state index contributed by atoms with van der Waals surface area (Å²) in [6.45, 7) is 2.00. The lowest BCUT2D eigenvalue weighted by Gasteiger charge is -2.28. The zero-order chi connectivity index (χ0) is 31.7. The molecule has 224 valence electrons. The number of rotatable bonds is 3. The van der Waals surface area contributed by atoms with Gasteiger partial charge >= 0.3 is 0 Å². The predicted octanol–water partition coefficient (Wildman–Crippen LogP) is 10.5. The number of aliphatic imine (C=N–C) groups is 2. The summed E-state index contributed by atoms with van der Waals surface area (Å²) in [5.41, 5.74) is 9.82. The highest BCUT2D eigenvalue weighted by atomic mass is 15.2. The monoisotopic (exact) mass is 605 g/mol. The van der Waals surface area contributed by atoms with Gasteiger partial charge in [-0.3, -0.25) is 9.98 Å². The van der Waals surface area contributed by atoms with Crippen LogP contribution >= 0.6 is 0 Å². The van der Waals surface area contributed by atoms with E-state index in [-0.39, 0.29) is 5.84 Å². The van der Waals surface area contributed by atoms with Gasteiger partial charge in [-0.2, -0.15) is 4.99 Å². The summed E-state index contributed by atoms with van der Waals surface area (Å²) in [5.74, 6) is 0.567. The van der Waals surface area contributed by atoms with Crippen molar-refractivity contribution in [1.82, 2.24) is 4.57 Å². The molecule has 47 heavy (non-hydrogen) atoms. The Bertz CT molecular complexity index is 2370. The van der Waals surface area contributed by atoms with Gasteiger partial charge in [0.2, 0.25) is 5.96 Å². The number of benzene rings is 6. The van der Waals surface area contributed by atoms with Crippen molar-refractivity contribution in [3.63, 3.8) is 0 Å². The molecule has 6 aromatic carbocycles. The number of nitrogens with one attached hydrogen (secondary N) is 1. The number of fused-ring (bicyclic) bond motifs is 6. The van der Waals surface area contributed by atoms with Crippen LogP contribution in [0.1, 0.15) is 29.2 Å². The van der Waals surface area contributed by atoms with E-state index in [9.17, 15) is 0 Å². The van der Waals surface area contributed by atoms with Crippen LogP contribution in [0.3, 0.4) is 0 Å². The van der Waals surface area contributed by atoms with E-state index in [4.69, 9.17) is 15.4 Å². The van der Waals surface area contributed by atoms with Crippen molar-refractivity contribution in [3.8, 4) is 0 Å². The van der Waals surface area contributed by atoms with E-state index in [1.807, 2.05) is 61.5 Å². The standard InChI is InChI=1S/C42H31N5/c1-29(30-15-5-2-6-16-30)44-42(45-41(43)33-18-7-3-8-19-33)47-38-24-14-12-22-35(38)36-28-27-32-26-25-31-17-11-13-23-37(31)46(39(32)40(36)47)34-20-9-4-10-21-34/h2-28,43H,1H3/b43-41?,44-29+,45-42+. The van der Waals surface area contributed by atoms with Crippen LogP contribution in [-0.2, 0) is 0 Å². The fourth-order valence-corrected chi connectivity index (χ4v) is 6.39. The first-order chi connectivity index (χ1) is 23.2. The minimum Gasteiger partial charge on any atom is -0.307 e. The van der Waals surface area contributed by atoms with Crippen molar-refractivity contribution in [2.75, 3.05) is 4.90 Å². The molecule has 0 atom stereocenters. The van der Waals surface area contributed by atoms with Crippen LogP contribution in [0.25, 0.3) is 34.0 Å². The van der Waals surface area contributed by atoms with Crippen LogP contribution in [0, 0.1) is 5.41 Å². The third kappa shape index (κ3) is 5.04. The Morgan fingerprint density at radius 2 is 1.17 bits per heavy atom. The number of amidine groups is 1. The van der Waals surface area contributed by atoms with Gasteiger partial charge in [-0.1, -0.05) is 140 Å². The zero-order valence-corrected chi connectivity index (χ0v) is 25.9. The fourth-order valence-electron chi connectivity index (χ4n) is 6.39. The maximum atomic E-state index is 9.13. The largest absolute Gasteiger partial charge is 0.307 e. The Morgan fingerprint density at radius 1 is 0.553 bits per heavy atom. The third-order valence-electron chi connectivity index (χ3n) is 8.62. The van der Waals surface area contributed by atoms with Crippen LogP contribution in [0.15, 0.2) is 162 Å². The van der Waals surface area contributed by atoms with Crippen molar-refractivity contribution in [3.05, 3.63) is 174 Å². The Labute approximate surface area is 273 Å². The van der Waals surface area contributed by atoms with E-state index < -0.39 is 0 Å². The van der Waals surface area contributed by atoms with E-state index in [1.165, 1.54) is 0 Å². The minimum absolute atomic E-state index is 0.142. The number of anilines is 3. The molecule has 0 bridgehead atoms. The van der Waals surface area contributed by atoms with Gasteiger partial charge in [-0.25, -0.2) is 4.99 Å². The first-order valence-electron chi connectivity index (χ1n) is 15.7. The van der Waals surface area contributed by atoms with Gasteiger partial charge in [0, 0.05) is 33.3 Å². The highest BCUT2D eigenvalue weighted by molar-refractivity contribution is 6.22. The molecule has 1 aliphatic rings. The lowest BCUT2D eigenvalue weighted by Crippen LogP contribution is -2.18. The normalized spacial score (nSPS) is 13.0. The first kappa shape index (κ1) is 28.2. The van der Waals surface area contributed by atoms with Gasteiger partial charge in [0.15, 0.2) is 5.84 Å². The van der Waals surface area contributed by atoms with Crippen molar-refractivity contribution in [1.29, 1.82) is 5.41 Å². The molecule has 1 aromatic heterocycles. The highest BCUT2D eigenvalue weighted by Crippen LogP contribution is 2.47. The van der Waals surface area contributed by atoms with Crippen LogP contribution < -0.4 is 4.90 Å². The van der Waals surface area contributed by atoms with Gasteiger partial charge in [-0.15, -0.1) is 0 Å². The van der Waals surface area contributed by atoms with E-state index in [0.717, 1.165) is 66.8 Å². The molecule has 0 aliphatic carbocycles. The van der Waals surface area contributed by atoms with Gasteiger partial charge in [0.25, 0.3) is 0 Å². The summed E-state index contributed by atoms with van der Waals surface area (Å²) in [6, 6.07) is 51.5. The van der Waals surface area contributed by atoms with E-state index in [0.29, 0.717) is 5.96 Å². The second-order valence-electron chi connectivity index (χ2n) is 11.5. The van der Waals surface area contributed by atoms with Crippen LogP contribution in [0.2, 0.25) is 0 Å². The summed E-state index contributed by atoms with van der Waals surface area (Å²) in [5, 5.41) is 11.3. The Kier molecular flexibility index (Phi) is 7.12. The Morgan fingerprint density at radius 3 is 1.94 bits per heavy atom. The lowest BCUT2D eigenvalue weighted by atomic mass is 10.1. The molecule has 7 aromatic rings. The minimum atomic E-state index is 0.142. The fraction of sp³-hybridized carbons (Fsp3) is 0.0238. The van der Waals surface area contributed by atoms with E-state index in [2.05, 4.69) is 119 Å². The molecule has 0 fully saturated rings. The number of nitrogens with zero attached hydrogens (tertiary/aromatic N) is 4. The van der Waals surface area contributed by atoms with Gasteiger partial charge in [-0.05, 0) is 42.3 Å². The molecular weight excluding hydrogens is 574 g/mol. The topological polar surface area (TPSA) is 56.7 Å². The summed E-state index contributed by atoms with van der Waals surface area (Å²) in [6.07, 6.45) is 4.38. The number of hydrogen-bond donors (Lipinski definition) is 1. The molecule has 0 saturated heterocycles. The van der Waals surface area contributed by atoms with Crippen molar-refractivity contribution in [2.45, 2.75) is 6.92 Å². The summed E-state index contributed by atoms with van der Waals surface area (Å²) >= 11 is 0. The predicted molar refractivity (Wildman–Crippen MR) is 198 cm³/mol. The number of aromatic nitrogens is 1. The molecule has 0 radical (unpaired) electrons. The highest BCUT2D eigenvalue weighted by Gasteiger charge is 2.27. The molecular formula is C42H31N5. The molecule has 8 rings (SSSR count). The van der Waals surface area contributed by atoms with Crippen LogP contribution in [0.5, 0.6) is 0 Å². The lowest BCUT2D eigenvalue weighted by molar-refractivity contribution is 1.20. The molecule has 0 amide bonds. The SMILES string of the molecule is C/C(=N\C(=N/C(=N)c1ccccc1)n1c2ccccc2c2ccc3c(c21)N(c1ccccc1)c1ccccc1C=C3)c1ccccc1. The molecule has 0 saturated carbocycles. The average molecular weight is 606 g/mol. The average Bonchev–Trinajstić information content (AvgIpc) is 3.37. The molecule has 2 heterocycles. The molecule has 5 nitrogen and oxygen atoms in total. The third-order valence-corrected chi connectivity index (χ3v) is 8.62. The quantitative estimate of drug-likeness (QED) is 0.158. The molecule has 1 aliphatic heterocycles. The Hall–Kier alpha value is -6.33. The Balaban J connectivity index is 1.50. The van der Waals surface area contributed by atoms with Crippen LogP contribution in [-0.4, -0.2) is 22.1 Å². The van der Waals surface area contributed by atoms with Gasteiger partial charge in [0.1, 0.15) is 0 Å². The zero-order valence-electron chi connectivity index (χ0n) is 25.9. The molecule has 0 spiro atoms. The summed E-state index contributed by atoms with van der Waals surface area (Å²) in [7, 11) is 0. The second kappa shape index (κ2) is 11.9. The van der Waals surface area contributed by atoms with Crippen molar-refractivity contribution in [2.24, 2.45) is 9.98 Å². The van der Waals surface area contributed by atoms with Crippen LogP contribution in [0.4, 0.5) is 17.1 Å². The second-order valence-corrected chi connectivity index (χ2v) is 11.5. The number of para-hydroxylation sites is 3. The maximum Gasteiger partial charge on any atom is 0.237 e.